The van der Waals surface area contributed by atoms with E-state index in [4.69, 9.17) is 4.74 Å². The van der Waals surface area contributed by atoms with E-state index in [-0.39, 0.29) is 11.7 Å². The van der Waals surface area contributed by atoms with Gasteiger partial charge >= 0.3 is 0 Å². The first kappa shape index (κ1) is 18.2. The average Bonchev–Trinajstić information content (AvgIpc) is 3.54. The molecular formula is C24H29NO2. The van der Waals surface area contributed by atoms with Crippen molar-refractivity contribution in [2.75, 3.05) is 26.2 Å². The van der Waals surface area contributed by atoms with Crippen molar-refractivity contribution in [2.45, 2.75) is 38.0 Å². The van der Waals surface area contributed by atoms with Gasteiger partial charge in [0.2, 0.25) is 0 Å². The predicted molar refractivity (Wildman–Crippen MR) is 108 cm³/mol. The zero-order chi connectivity index (χ0) is 18.5. The summed E-state index contributed by atoms with van der Waals surface area (Å²) in [5, 5.41) is 0. The number of hydrogen-bond donors (Lipinski definition) is 0. The smallest absolute Gasteiger partial charge is 0.166 e. The Hall–Kier alpha value is -2.13. The summed E-state index contributed by atoms with van der Waals surface area (Å²) in [5.74, 6) is 1.66. The Bertz CT molecular complexity index is 735. The minimum atomic E-state index is 0.142. The Labute approximate surface area is 162 Å². The molecule has 27 heavy (non-hydrogen) atoms. The molecule has 3 nitrogen and oxygen atoms in total. The van der Waals surface area contributed by atoms with Crippen molar-refractivity contribution in [2.24, 2.45) is 5.92 Å². The highest BCUT2D eigenvalue weighted by Gasteiger charge is 2.43. The van der Waals surface area contributed by atoms with Crippen LogP contribution in [0.25, 0.3) is 0 Å². The molecule has 2 fully saturated rings. The lowest BCUT2D eigenvalue weighted by atomic mass is 10.0. The molecule has 0 spiro atoms. The first-order chi connectivity index (χ1) is 13.3. The van der Waals surface area contributed by atoms with Crippen LogP contribution in [0.1, 0.15) is 53.9 Å². The number of ketones is 1. The fraction of sp³-hybridized carbons (Fsp3) is 0.458. The summed E-state index contributed by atoms with van der Waals surface area (Å²) >= 11 is 0. The van der Waals surface area contributed by atoms with Crippen molar-refractivity contribution in [3.63, 3.8) is 0 Å². The van der Waals surface area contributed by atoms with Crippen molar-refractivity contribution < 1.29 is 9.53 Å². The van der Waals surface area contributed by atoms with E-state index in [9.17, 15) is 4.79 Å². The number of benzene rings is 2. The lowest BCUT2D eigenvalue weighted by Crippen LogP contribution is -2.31. The molecule has 2 aromatic carbocycles. The van der Waals surface area contributed by atoms with Gasteiger partial charge in [-0.25, -0.2) is 0 Å². The van der Waals surface area contributed by atoms with E-state index in [2.05, 4.69) is 17.0 Å². The summed E-state index contributed by atoms with van der Waals surface area (Å²) in [6.45, 7) is 4.34. The number of Topliss-reactive ketones (excluding diaryl/α,β-unsaturated/α-hetero) is 1. The number of carbonyl (C=O) groups is 1. The Morgan fingerprint density at radius 2 is 1.70 bits per heavy atom. The molecule has 4 rings (SSSR count). The third-order valence-electron chi connectivity index (χ3n) is 5.83. The van der Waals surface area contributed by atoms with Gasteiger partial charge < -0.3 is 9.64 Å². The predicted octanol–water partition coefficient (Wildman–Crippen LogP) is 4.93. The summed E-state index contributed by atoms with van der Waals surface area (Å²) in [4.78, 5) is 15.2. The molecule has 0 N–H and O–H groups in total. The van der Waals surface area contributed by atoms with Crippen LogP contribution in [0.4, 0.5) is 0 Å². The first-order valence-electron chi connectivity index (χ1n) is 10.4. The van der Waals surface area contributed by atoms with Crippen molar-refractivity contribution in [1.29, 1.82) is 0 Å². The van der Waals surface area contributed by atoms with Crippen LogP contribution in [0.3, 0.4) is 0 Å². The van der Waals surface area contributed by atoms with E-state index < -0.39 is 0 Å². The quantitative estimate of drug-likeness (QED) is 0.492. The third-order valence-corrected chi connectivity index (χ3v) is 5.83. The standard InChI is InChI=1S/C24H29NO2/c26-24(23-18-22(23)19-8-3-1-4-9-19)20-10-12-21(13-11-20)27-17-7-16-25-14-5-2-6-15-25/h1,3-4,8-13,22-23H,2,5-7,14-18H2/t22-,23+/m0/s1. The van der Waals surface area contributed by atoms with Crippen molar-refractivity contribution in [1.82, 2.24) is 4.90 Å². The van der Waals surface area contributed by atoms with Gasteiger partial charge in [0.05, 0.1) is 6.61 Å². The molecule has 0 aromatic heterocycles. The van der Waals surface area contributed by atoms with Crippen LogP contribution in [-0.4, -0.2) is 36.9 Å². The summed E-state index contributed by atoms with van der Waals surface area (Å²) < 4.78 is 5.86. The second kappa shape index (κ2) is 8.71. The molecule has 2 aromatic rings. The molecule has 1 heterocycles. The highest BCUT2D eigenvalue weighted by molar-refractivity contribution is 6.00. The third kappa shape index (κ3) is 4.78. The normalized spacial score (nSPS) is 22.4. The van der Waals surface area contributed by atoms with Crippen molar-refractivity contribution in [3.05, 3.63) is 65.7 Å². The van der Waals surface area contributed by atoms with Gasteiger partial charge in [-0.3, -0.25) is 4.79 Å². The summed E-state index contributed by atoms with van der Waals surface area (Å²) in [7, 11) is 0. The maximum atomic E-state index is 12.7. The molecule has 1 aliphatic carbocycles. The van der Waals surface area contributed by atoms with E-state index >= 15 is 0 Å². The van der Waals surface area contributed by atoms with E-state index in [1.807, 2.05) is 42.5 Å². The van der Waals surface area contributed by atoms with Crippen molar-refractivity contribution >= 4 is 5.78 Å². The highest BCUT2D eigenvalue weighted by atomic mass is 16.5. The zero-order valence-electron chi connectivity index (χ0n) is 16.0. The molecular weight excluding hydrogens is 334 g/mol. The van der Waals surface area contributed by atoms with Crippen LogP contribution in [0.2, 0.25) is 0 Å². The topological polar surface area (TPSA) is 29.5 Å². The van der Waals surface area contributed by atoms with Crippen LogP contribution in [0.15, 0.2) is 54.6 Å². The SMILES string of the molecule is O=C(c1ccc(OCCCN2CCCCC2)cc1)[C@@H]1C[C@H]1c1ccccc1. The first-order valence-corrected chi connectivity index (χ1v) is 10.4. The fourth-order valence-corrected chi connectivity index (χ4v) is 4.14. The van der Waals surface area contributed by atoms with Crippen LogP contribution >= 0.6 is 0 Å². The maximum absolute atomic E-state index is 12.7. The highest BCUT2D eigenvalue weighted by Crippen LogP contribution is 2.49. The molecule has 2 aliphatic rings. The van der Waals surface area contributed by atoms with Gasteiger partial charge in [-0.15, -0.1) is 0 Å². The van der Waals surface area contributed by atoms with Crippen molar-refractivity contribution in [3.8, 4) is 5.75 Å². The van der Waals surface area contributed by atoms with Gasteiger partial charge in [0.1, 0.15) is 5.75 Å². The fourth-order valence-electron chi connectivity index (χ4n) is 4.14. The Balaban J connectivity index is 1.22. The summed E-state index contributed by atoms with van der Waals surface area (Å²) in [5.41, 5.74) is 2.09. The van der Waals surface area contributed by atoms with Gasteiger partial charge in [0.15, 0.2) is 5.78 Å². The molecule has 0 amide bonds. The number of hydrogen-bond acceptors (Lipinski definition) is 3. The monoisotopic (exact) mass is 363 g/mol. The maximum Gasteiger partial charge on any atom is 0.166 e. The minimum absolute atomic E-state index is 0.142. The molecule has 0 radical (unpaired) electrons. The van der Waals surface area contributed by atoms with E-state index in [1.54, 1.807) is 0 Å². The molecule has 0 bridgehead atoms. The lowest BCUT2D eigenvalue weighted by Gasteiger charge is -2.26. The minimum Gasteiger partial charge on any atom is -0.494 e. The number of carbonyl (C=O) groups excluding carboxylic acids is 1. The van der Waals surface area contributed by atoms with E-state index in [1.165, 1.54) is 37.9 Å². The van der Waals surface area contributed by atoms with Gasteiger partial charge in [0.25, 0.3) is 0 Å². The van der Waals surface area contributed by atoms with Gasteiger partial charge in [-0.05, 0) is 74.5 Å². The molecule has 2 atom stereocenters. The molecule has 0 unspecified atom stereocenters. The van der Waals surface area contributed by atoms with Gasteiger partial charge in [-0.2, -0.15) is 0 Å². The Kier molecular flexibility index (Phi) is 5.88. The van der Waals surface area contributed by atoms with Crippen LogP contribution in [0.5, 0.6) is 5.75 Å². The van der Waals surface area contributed by atoms with E-state index in [0.29, 0.717) is 5.92 Å². The second-order valence-corrected chi connectivity index (χ2v) is 7.85. The van der Waals surface area contributed by atoms with Gasteiger partial charge in [-0.1, -0.05) is 36.8 Å². The average molecular weight is 364 g/mol. The second-order valence-electron chi connectivity index (χ2n) is 7.85. The Morgan fingerprint density at radius 3 is 2.44 bits per heavy atom. The molecule has 142 valence electrons. The summed E-state index contributed by atoms with van der Waals surface area (Å²) in [6.07, 6.45) is 6.08. The zero-order valence-corrected chi connectivity index (χ0v) is 16.0. The molecule has 1 saturated carbocycles. The molecule has 1 saturated heterocycles. The number of ether oxygens (including phenoxy) is 1. The summed E-state index contributed by atoms with van der Waals surface area (Å²) in [6, 6.07) is 18.1. The Morgan fingerprint density at radius 1 is 0.963 bits per heavy atom. The number of likely N-dealkylation sites (tertiary alicyclic amines) is 1. The number of rotatable bonds is 8. The lowest BCUT2D eigenvalue weighted by molar-refractivity contribution is 0.0965. The largest absolute Gasteiger partial charge is 0.494 e. The van der Waals surface area contributed by atoms with E-state index in [0.717, 1.165) is 37.3 Å². The molecule has 3 heteroatoms. The van der Waals surface area contributed by atoms with Crippen LogP contribution < -0.4 is 4.74 Å². The number of piperidine rings is 1. The van der Waals surface area contributed by atoms with Crippen LogP contribution in [-0.2, 0) is 0 Å². The molecule has 1 aliphatic heterocycles. The van der Waals surface area contributed by atoms with Crippen LogP contribution in [0, 0.1) is 5.92 Å². The van der Waals surface area contributed by atoms with Gasteiger partial charge in [0, 0.05) is 18.0 Å². The number of nitrogens with zero attached hydrogens (tertiary/aromatic N) is 1.